The summed E-state index contributed by atoms with van der Waals surface area (Å²) >= 11 is 0. The van der Waals surface area contributed by atoms with Gasteiger partial charge in [-0.1, -0.05) is 0 Å². The molecule has 8 heteroatoms. The molecule has 0 spiro atoms. The van der Waals surface area contributed by atoms with Gasteiger partial charge in [-0.05, 0) is 18.9 Å². The zero-order valence-electron chi connectivity index (χ0n) is 12.3. The molecular formula is C14H18N8. The monoisotopic (exact) mass is 298 g/mol. The van der Waals surface area contributed by atoms with E-state index in [0.717, 1.165) is 37.9 Å². The Morgan fingerprint density at radius 2 is 1.73 bits per heavy atom. The molecule has 0 aromatic carbocycles. The molecule has 22 heavy (non-hydrogen) atoms. The Labute approximate surface area is 128 Å². The van der Waals surface area contributed by atoms with Crippen molar-refractivity contribution in [3.8, 4) is 0 Å². The summed E-state index contributed by atoms with van der Waals surface area (Å²) in [6.07, 6.45) is 7.68. The lowest BCUT2D eigenvalue weighted by molar-refractivity contribution is 0.632. The first kappa shape index (κ1) is 13.2. The molecular weight excluding hydrogens is 280 g/mol. The predicted octanol–water partition coefficient (Wildman–Crippen LogP) is 0.562. The van der Waals surface area contributed by atoms with Gasteiger partial charge in [-0.15, -0.1) is 5.10 Å². The van der Waals surface area contributed by atoms with Gasteiger partial charge < -0.3 is 15.1 Å². The Morgan fingerprint density at radius 1 is 1.00 bits per heavy atom. The van der Waals surface area contributed by atoms with Crippen molar-refractivity contribution in [1.82, 2.24) is 25.1 Å². The number of hydrogen-bond acceptors (Lipinski definition) is 8. The maximum Gasteiger partial charge on any atom is 0.244 e. The highest BCUT2D eigenvalue weighted by Gasteiger charge is 2.23. The van der Waals surface area contributed by atoms with Crippen LogP contribution in [0.15, 0.2) is 24.7 Å². The molecule has 2 aromatic rings. The van der Waals surface area contributed by atoms with Crippen LogP contribution in [0, 0.1) is 0 Å². The van der Waals surface area contributed by atoms with E-state index in [1.54, 1.807) is 18.6 Å². The van der Waals surface area contributed by atoms with Crippen molar-refractivity contribution in [2.24, 2.45) is 0 Å². The van der Waals surface area contributed by atoms with Crippen LogP contribution >= 0.6 is 0 Å². The normalized spacial score (nSPS) is 18.4. The van der Waals surface area contributed by atoms with E-state index < -0.39 is 0 Å². The summed E-state index contributed by atoms with van der Waals surface area (Å²) in [7, 11) is 0. The fraction of sp³-hybridized carbons (Fsp3) is 0.500. The molecule has 1 saturated carbocycles. The third-order valence-corrected chi connectivity index (χ3v) is 3.90. The molecule has 2 fully saturated rings. The first-order valence-electron chi connectivity index (χ1n) is 7.62. The van der Waals surface area contributed by atoms with E-state index in [0.29, 0.717) is 12.0 Å². The van der Waals surface area contributed by atoms with Crippen LogP contribution in [0.4, 0.5) is 17.7 Å². The Kier molecular flexibility index (Phi) is 3.42. The molecule has 0 unspecified atom stereocenters. The summed E-state index contributed by atoms with van der Waals surface area (Å²) in [4.78, 5) is 17.6. The van der Waals surface area contributed by atoms with Crippen LogP contribution < -0.4 is 15.1 Å². The molecule has 114 valence electrons. The number of hydrogen-bond donors (Lipinski definition) is 1. The Morgan fingerprint density at radius 3 is 2.45 bits per heavy atom. The smallest absolute Gasteiger partial charge is 0.244 e. The maximum absolute atomic E-state index is 4.57. The summed E-state index contributed by atoms with van der Waals surface area (Å²) in [6, 6.07) is 2.37. The highest BCUT2D eigenvalue weighted by atomic mass is 15.4. The van der Waals surface area contributed by atoms with Crippen LogP contribution in [-0.2, 0) is 0 Å². The third-order valence-electron chi connectivity index (χ3n) is 3.90. The van der Waals surface area contributed by atoms with Gasteiger partial charge in [0, 0.05) is 44.6 Å². The second-order valence-corrected chi connectivity index (χ2v) is 5.58. The zero-order chi connectivity index (χ0) is 14.8. The maximum atomic E-state index is 4.57. The van der Waals surface area contributed by atoms with Gasteiger partial charge in [0.2, 0.25) is 11.9 Å². The number of rotatable bonds is 4. The third kappa shape index (κ3) is 2.90. The van der Waals surface area contributed by atoms with Crippen molar-refractivity contribution >= 4 is 17.7 Å². The number of piperazine rings is 1. The molecule has 0 bridgehead atoms. The second kappa shape index (κ2) is 5.70. The highest BCUT2D eigenvalue weighted by Crippen LogP contribution is 2.23. The average molecular weight is 298 g/mol. The van der Waals surface area contributed by atoms with E-state index in [4.69, 9.17) is 0 Å². The molecule has 1 saturated heterocycles. The quantitative estimate of drug-likeness (QED) is 0.877. The Balaban J connectivity index is 1.40. The van der Waals surface area contributed by atoms with Gasteiger partial charge in [0.05, 0.1) is 6.20 Å². The summed E-state index contributed by atoms with van der Waals surface area (Å²) in [5.74, 6) is 2.31. The molecule has 8 nitrogen and oxygen atoms in total. The van der Waals surface area contributed by atoms with E-state index in [1.807, 2.05) is 6.07 Å². The van der Waals surface area contributed by atoms with Crippen molar-refractivity contribution < 1.29 is 0 Å². The van der Waals surface area contributed by atoms with Crippen molar-refractivity contribution in [1.29, 1.82) is 0 Å². The zero-order valence-corrected chi connectivity index (χ0v) is 12.3. The van der Waals surface area contributed by atoms with Crippen LogP contribution in [0.1, 0.15) is 12.8 Å². The van der Waals surface area contributed by atoms with Gasteiger partial charge in [-0.25, -0.2) is 9.97 Å². The van der Waals surface area contributed by atoms with Gasteiger partial charge in [0.15, 0.2) is 5.82 Å². The topological polar surface area (TPSA) is 83.0 Å². The average Bonchev–Trinajstić information content (AvgIpc) is 3.40. The van der Waals surface area contributed by atoms with Crippen molar-refractivity contribution in [2.45, 2.75) is 18.9 Å². The fourth-order valence-electron chi connectivity index (χ4n) is 2.51. The fourth-order valence-corrected chi connectivity index (χ4v) is 2.51. The van der Waals surface area contributed by atoms with Crippen LogP contribution in [0.2, 0.25) is 0 Å². The van der Waals surface area contributed by atoms with Crippen molar-refractivity contribution in [3.05, 3.63) is 24.7 Å². The molecule has 0 amide bonds. The van der Waals surface area contributed by atoms with E-state index in [9.17, 15) is 0 Å². The molecule has 1 aliphatic heterocycles. The van der Waals surface area contributed by atoms with Gasteiger partial charge >= 0.3 is 0 Å². The minimum atomic E-state index is 0.532. The van der Waals surface area contributed by atoms with Crippen LogP contribution in [0.3, 0.4) is 0 Å². The minimum Gasteiger partial charge on any atom is -0.352 e. The van der Waals surface area contributed by atoms with Gasteiger partial charge in [-0.3, -0.25) is 0 Å². The lowest BCUT2D eigenvalue weighted by atomic mass is 10.3. The molecule has 1 aliphatic carbocycles. The first-order chi connectivity index (χ1) is 10.9. The number of aromatic nitrogens is 5. The Hall–Kier alpha value is -2.51. The van der Waals surface area contributed by atoms with Crippen LogP contribution in [0.25, 0.3) is 0 Å². The van der Waals surface area contributed by atoms with E-state index in [-0.39, 0.29) is 0 Å². The van der Waals surface area contributed by atoms with E-state index >= 15 is 0 Å². The minimum absolute atomic E-state index is 0.532. The standard InChI is InChI=1S/C14H18N8/c1-4-15-14(16-5-1)22-8-6-21(7-9-22)12-10-17-20-13(19-12)18-11-2-3-11/h1,4-5,10-11H,2-3,6-9H2,(H,18,19,20). The molecule has 3 heterocycles. The lowest BCUT2D eigenvalue weighted by Crippen LogP contribution is -2.47. The summed E-state index contributed by atoms with van der Waals surface area (Å²) in [6.45, 7) is 3.50. The molecule has 0 radical (unpaired) electrons. The number of anilines is 3. The molecule has 2 aromatic heterocycles. The summed E-state index contributed by atoms with van der Waals surface area (Å²) < 4.78 is 0. The van der Waals surface area contributed by atoms with E-state index in [2.05, 4.69) is 40.3 Å². The predicted molar refractivity (Wildman–Crippen MR) is 82.9 cm³/mol. The van der Waals surface area contributed by atoms with Crippen LogP contribution in [-0.4, -0.2) is 57.4 Å². The molecule has 4 rings (SSSR count). The second-order valence-electron chi connectivity index (χ2n) is 5.58. The number of nitrogens with one attached hydrogen (secondary N) is 1. The number of nitrogens with zero attached hydrogens (tertiary/aromatic N) is 7. The largest absolute Gasteiger partial charge is 0.352 e. The lowest BCUT2D eigenvalue weighted by Gasteiger charge is -2.35. The van der Waals surface area contributed by atoms with Gasteiger partial charge in [0.25, 0.3) is 0 Å². The summed E-state index contributed by atoms with van der Waals surface area (Å²) in [5.41, 5.74) is 0. The highest BCUT2D eigenvalue weighted by molar-refractivity contribution is 5.43. The van der Waals surface area contributed by atoms with E-state index in [1.165, 1.54) is 12.8 Å². The first-order valence-corrected chi connectivity index (χ1v) is 7.62. The molecule has 2 aliphatic rings. The van der Waals surface area contributed by atoms with Crippen molar-refractivity contribution in [2.75, 3.05) is 41.3 Å². The SMILES string of the molecule is c1cnc(N2CCN(c3cnnc(NC4CC4)n3)CC2)nc1. The van der Waals surface area contributed by atoms with Crippen molar-refractivity contribution in [3.63, 3.8) is 0 Å². The molecule has 0 atom stereocenters. The Bertz CT molecular complexity index is 622. The van der Waals surface area contributed by atoms with Gasteiger partial charge in [-0.2, -0.15) is 10.1 Å². The van der Waals surface area contributed by atoms with Gasteiger partial charge in [0.1, 0.15) is 0 Å². The molecule has 1 N–H and O–H groups in total. The summed E-state index contributed by atoms with van der Waals surface area (Å²) in [5, 5.41) is 11.4. The van der Waals surface area contributed by atoms with Crippen LogP contribution in [0.5, 0.6) is 0 Å².